The highest BCUT2D eigenvalue weighted by Crippen LogP contribution is 2.45. The number of ether oxygens (including phenoxy) is 1. The number of H-pyrrole nitrogens is 1. The van der Waals surface area contributed by atoms with Crippen molar-refractivity contribution in [3.8, 4) is 5.75 Å². The van der Waals surface area contributed by atoms with Crippen molar-refractivity contribution in [3.63, 3.8) is 0 Å². The molecule has 1 aromatic carbocycles. The Kier molecular flexibility index (Phi) is 4.67. The number of amides is 2. The molecule has 0 spiro atoms. The molecule has 0 aliphatic carbocycles. The highest BCUT2D eigenvalue weighted by Gasteiger charge is 2.51. The smallest absolute Gasteiger partial charge is 0.320 e. The molecular weight excluding hydrogens is 390 g/mol. The van der Waals surface area contributed by atoms with Gasteiger partial charge < -0.3 is 14.5 Å². The molecule has 2 saturated heterocycles. The lowest BCUT2D eigenvalue weighted by molar-refractivity contribution is 0.137. The Balaban J connectivity index is 1.20. The van der Waals surface area contributed by atoms with Crippen LogP contribution in [-0.4, -0.2) is 58.8 Å². The molecule has 0 saturated carbocycles. The maximum absolute atomic E-state index is 14.0. The summed E-state index contributed by atoms with van der Waals surface area (Å²) in [5.74, 6) is 0.296. The molecule has 1 aromatic heterocycles. The average Bonchev–Trinajstić information content (AvgIpc) is 3.34. The average molecular weight is 416 g/mol. The normalized spacial score (nSPS) is 26.3. The Morgan fingerprint density at radius 3 is 2.87 bits per heavy atom. The van der Waals surface area contributed by atoms with Crippen LogP contribution in [-0.2, 0) is 11.8 Å². The van der Waals surface area contributed by atoms with Crippen LogP contribution in [0.15, 0.2) is 24.4 Å². The highest BCUT2D eigenvalue weighted by molar-refractivity contribution is 5.75. The van der Waals surface area contributed by atoms with Gasteiger partial charge in [-0.25, -0.2) is 13.6 Å². The molecule has 0 bridgehead atoms. The second-order valence-electron chi connectivity index (χ2n) is 9.07. The lowest BCUT2D eigenvalue weighted by Gasteiger charge is -2.35. The summed E-state index contributed by atoms with van der Waals surface area (Å²) in [6.45, 7) is 5.42. The first kappa shape index (κ1) is 19.3. The standard InChI is InChI=1S/C22H26F2N4O2/c1-22-13-28(11-16(22)12-30-19-10-25-26-20(19)22)21(29)27-6-4-14(5-7-27)8-15-2-3-17(23)9-18(15)24/h2-3,9-10,14,16H,4-8,11-13H2,1H3,(H,25,26)/t16-,22-/m0/s1. The molecule has 0 radical (unpaired) electrons. The van der Waals surface area contributed by atoms with Gasteiger partial charge >= 0.3 is 6.03 Å². The first-order chi connectivity index (χ1) is 14.4. The van der Waals surface area contributed by atoms with E-state index in [9.17, 15) is 13.6 Å². The second-order valence-corrected chi connectivity index (χ2v) is 9.07. The monoisotopic (exact) mass is 416 g/mol. The predicted octanol–water partition coefficient (Wildman–Crippen LogP) is 3.34. The molecule has 8 heteroatoms. The van der Waals surface area contributed by atoms with E-state index in [4.69, 9.17) is 4.74 Å². The van der Waals surface area contributed by atoms with E-state index < -0.39 is 11.6 Å². The molecule has 1 N–H and O–H groups in total. The number of carbonyl (C=O) groups is 1. The van der Waals surface area contributed by atoms with E-state index >= 15 is 0 Å². The van der Waals surface area contributed by atoms with Gasteiger partial charge in [-0.1, -0.05) is 13.0 Å². The van der Waals surface area contributed by atoms with E-state index in [1.807, 2.05) is 9.80 Å². The second kappa shape index (κ2) is 7.25. The third-order valence-electron chi connectivity index (χ3n) is 7.16. The summed E-state index contributed by atoms with van der Waals surface area (Å²) in [7, 11) is 0. The number of rotatable bonds is 2. The first-order valence-electron chi connectivity index (χ1n) is 10.6. The van der Waals surface area contributed by atoms with E-state index in [0.717, 1.165) is 30.4 Å². The van der Waals surface area contributed by atoms with Gasteiger partial charge in [-0.2, -0.15) is 5.10 Å². The SMILES string of the molecule is C[C@]12CN(C(=O)N3CCC(Cc4ccc(F)cc4F)CC3)C[C@H]1COc1cn[nH]c12. The minimum Gasteiger partial charge on any atom is -0.490 e. The van der Waals surface area contributed by atoms with Crippen molar-refractivity contribution in [1.29, 1.82) is 0 Å². The van der Waals surface area contributed by atoms with Crippen molar-refractivity contribution in [3.05, 3.63) is 47.3 Å². The third-order valence-corrected chi connectivity index (χ3v) is 7.16. The van der Waals surface area contributed by atoms with Crippen molar-refractivity contribution < 1.29 is 18.3 Å². The number of halogens is 2. The molecular formula is C22H26F2N4O2. The van der Waals surface area contributed by atoms with Crippen LogP contribution in [0.5, 0.6) is 5.75 Å². The van der Waals surface area contributed by atoms with Crippen LogP contribution < -0.4 is 4.74 Å². The number of hydrogen-bond donors (Lipinski definition) is 1. The fourth-order valence-electron chi connectivity index (χ4n) is 5.23. The fraction of sp³-hybridized carbons (Fsp3) is 0.545. The van der Waals surface area contributed by atoms with Gasteiger partial charge in [0.2, 0.25) is 0 Å². The number of likely N-dealkylation sites (tertiary alicyclic amines) is 2. The highest BCUT2D eigenvalue weighted by atomic mass is 19.1. The number of urea groups is 1. The zero-order chi connectivity index (χ0) is 20.9. The molecule has 2 fully saturated rings. The number of piperidine rings is 1. The molecule has 2 amide bonds. The summed E-state index contributed by atoms with van der Waals surface area (Å²) >= 11 is 0. The van der Waals surface area contributed by atoms with Gasteiger partial charge in [0.05, 0.1) is 18.5 Å². The van der Waals surface area contributed by atoms with Gasteiger partial charge in [0.25, 0.3) is 0 Å². The molecule has 3 aliphatic rings. The van der Waals surface area contributed by atoms with Crippen molar-refractivity contribution in [2.24, 2.45) is 11.8 Å². The van der Waals surface area contributed by atoms with E-state index in [0.29, 0.717) is 50.7 Å². The number of aromatic nitrogens is 2. The summed E-state index contributed by atoms with van der Waals surface area (Å²) in [5, 5.41) is 7.18. The first-order valence-corrected chi connectivity index (χ1v) is 10.6. The minimum atomic E-state index is -0.552. The number of aromatic amines is 1. The molecule has 160 valence electrons. The Morgan fingerprint density at radius 2 is 2.10 bits per heavy atom. The largest absolute Gasteiger partial charge is 0.490 e. The maximum atomic E-state index is 14.0. The Labute approximate surface area is 174 Å². The van der Waals surface area contributed by atoms with E-state index in [2.05, 4.69) is 17.1 Å². The lowest BCUT2D eigenvalue weighted by Crippen LogP contribution is -2.46. The van der Waals surface area contributed by atoms with Gasteiger partial charge in [0.1, 0.15) is 11.6 Å². The van der Waals surface area contributed by atoms with Crippen LogP contribution in [0.1, 0.15) is 31.0 Å². The summed E-state index contributed by atoms with van der Waals surface area (Å²) in [6.07, 6.45) is 3.93. The molecule has 2 atom stereocenters. The quantitative estimate of drug-likeness (QED) is 0.817. The van der Waals surface area contributed by atoms with Crippen LogP contribution in [0.4, 0.5) is 13.6 Å². The fourth-order valence-corrected chi connectivity index (χ4v) is 5.23. The molecule has 0 unspecified atom stereocenters. The van der Waals surface area contributed by atoms with E-state index in [1.165, 1.54) is 12.1 Å². The zero-order valence-corrected chi connectivity index (χ0v) is 17.0. The van der Waals surface area contributed by atoms with E-state index in [-0.39, 0.29) is 17.4 Å². The number of carbonyl (C=O) groups excluding carboxylic acids is 1. The number of nitrogens with zero attached hydrogens (tertiary/aromatic N) is 3. The number of benzene rings is 1. The summed E-state index contributed by atoms with van der Waals surface area (Å²) in [6, 6.07) is 3.84. The zero-order valence-electron chi connectivity index (χ0n) is 17.0. The number of fused-ring (bicyclic) bond motifs is 3. The third kappa shape index (κ3) is 3.22. The van der Waals surface area contributed by atoms with Crippen molar-refractivity contribution in [2.75, 3.05) is 32.8 Å². The van der Waals surface area contributed by atoms with Crippen LogP contribution in [0, 0.1) is 23.5 Å². The van der Waals surface area contributed by atoms with Crippen LogP contribution in [0.3, 0.4) is 0 Å². The van der Waals surface area contributed by atoms with E-state index in [1.54, 1.807) is 6.20 Å². The van der Waals surface area contributed by atoms with Gasteiger partial charge in [-0.15, -0.1) is 0 Å². The Morgan fingerprint density at radius 1 is 1.30 bits per heavy atom. The molecule has 5 rings (SSSR count). The van der Waals surface area contributed by atoms with Crippen molar-refractivity contribution in [2.45, 2.75) is 31.6 Å². The van der Waals surface area contributed by atoms with Gasteiger partial charge in [0.15, 0.2) is 5.75 Å². The van der Waals surface area contributed by atoms with Crippen molar-refractivity contribution >= 4 is 6.03 Å². The maximum Gasteiger partial charge on any atom is 0.320 e. The topological polar surface area (TPSA) is 61.5 Å². The molecule has 6 nitrogen and oxygen atoms in total. The summed E-state index contributed by atoms with van der Waals surface area (Å²) in [5.41, 5.74) is 1.36. The van der Waals surface area contributed by atoms with Crippen LogP contribution in [0.2, 0.25) is 0 Å². The number of hydrogen-bond acceptors (Lipinski definition) is 3. The van der Waals surface area contributed by atoms with Gasteiger partial charge in [0, 0.05) is 43.6 Å². The Hall–Kier alpha value is -2.64. The molecule has 2 aromatic rings. The summed E-state index contributed by atoms with van der Waals surface area (Å²) in [4.78, 5) is 17.0. The predicted molar refractivity (Wildman–Crippen MR) is 106 cm³/mol. The van der Waals surface area contributed by atoms with Gasteiger partial charge in [-0.05, 0) is 36.8 Å². The van der Waals surface area contributed by atoms with Gasteiger partial charge in [-0.3, -0.25) is 5.10 Å². The molecule has 3 aliphatic heterocycles. The van der Waals surface area contributed by atoms with Crippen LogP contribution >= 0.6 is 0 Å². The lowest BCUT2D eigenvalue weighted by atomic mass is 9.76. The summed E-state index contributed by atoms with van der Waals surface area (Å²) < 4.78 is 32.9. The Bertz CT molecular complexity index is 956. The number of nitrogens with one attached hydrogen (secondary N) is 1. The van der Waals surface area contributed by atoms with Crippen LogP contribution in [0.25, 0.3) is 0 Å². The molecule has 4 heterocycles. The van der Waals surface area contributed by atoms with Crippen molar-refractivity contribution in [1.82, 2.24) is 20.0 Å². The minimum absolute atomic E-state index is 0.0677. The molecule has 30 heavy (non-hydrogen) atoms.